The van der Waals surface area contributed by atoms with Crippen LogP contribution in [0.4, 0.5) is 4.79 Å². The van der Waals surface area contributed by atoms with Crippen molar-refractivity contribution in [3.8, 4) is 17.2 Å². The number of carbonyl (C=O) groups is 2. The fraction of sp³-hybridized carbons (Fsp3) is 0.292. The van der Waals surface area contributed by atoms with E-state index in [2.05, 4.69) is 4.98 Å². The van der Waals surface area contributed by atoms with Gasteiger partial charge in [-0.15, -0.1) is 0 Å². The van der Waals surface area contributed by atoms with Gasteiger partial charge in [-0.3, -0.25) is 9.69 Å². The minimum atomic E-state index is -1.15. The molecule has 1 heterocycles. The van der Waals surface area contributed by atoms with Crippen LogP contribution in [0.1, 0.15) is 23.9 Å². The van der Waals surface area contributed by atoms with Gasteiger partial charge in [0.25, 0.3) is 0 Å². The predicted molar refractivity (Wildman–Crippen MR) is 119 cm³/mol. The third-order valence-corrected chi connectivity index (χ3v) is 4.63. The van der Waals surface area contributed by atoms with E-state index >= 15 is 0 Å². The summed E-state index contributed by atoms with van der Waals surface area (Å²) in [4.78, 5) is 29.3. The lowest BCUT2D eigenvalue weighted by Gasteiger charge is -2.20. The Kier molecular flexibility index (Phi) is 8.29. The molecule has 0 radical (unpaired) electrons. The predicted octanol–water partition coefficient (Wildman–Crippen LogP) is 4.09. The smallest absolute Gasteiger partial charge is 0.416 e. The fourth-order valence-electron chi connectivity index (χ4n) is 3.10. The molecule has 0 fully saturated rings. The Morgan fingerprint density at radius 1 is 1.06 bits per heavy atom. The van der Waals surface area contributed by atoms with Crippen LogP contribution < -0.4 is 14.2 Å². The van der Waals surface area contributed by atoms with E-state index in [-0.39, 0.29) is 12.3 Å². The summed E-state index contributed by atoms with van der Waals surface area (Å²) in [5.74, 6) is 1.02. The zero-order valence-electron chi connectivity index (χ0n) is 18.5. The molecule has 1 aromatic heterocycles. The van der Waals surface area contributed by atoms with Gasteiger partial charge in [0, 0.05) is 19.0 Å². The highest BCUT2D eigenvalue weighted by atomic mass is 16.6. The number of aryl methyl sites for hydroxylation is 1. The number of hydrogen-bond donors (Lipinski definition) is 1. The summed E-state index contributed by atoms with van der Waals surface area (Å²) in [6, 6.07) is 13.7. The molecule has 2 aromatic carbocycles. The molecule has 0 aliphatic heterocycles. The first-order valence-corrected chi connectivity index (χ1v) is 10.5. The number of carboxylic acids is 1. The average Bonchev–Trinajstić information content (AvgIpc) is 3.18. The second-order valence-electron chi connectivity index (χ2n) is 7.13. The second kappa shape index (κ2) is 11.6. The molecule has 1 N–H and O–H groups in total. The molecule has 3 aromatic rings. The first-order valence-electron chi connectivity index (χ1n) is 10.5. The summed E-state index contributed by atoms with van der Waals surface area (Å²) in [6.45, 7) is 4.08. The van der Waals surface area contributed by atoms with E-state index in [1.54, 1.807) is 48.5 Å². The van der Waals surface area contributed by atoms with Gasteiger partial charge < -0.3 is 23.7 Å². The van der Waals surface area contributed by atoms with Gasteiger partial charge in [0.1, 0.15) is 29.6 Å². The molecule has 0 aliphatic rings. The van der Waals surface area contributed by atoms with Gasteiger partial charge in [0.2, 0.25) is 0 Å². The van der Waals surface area contributed by atoms with E-state index in [0.29, 0.717) is 36.7 Å². The highest BCUT2D eigenvalue weighted by Crippen LogP contribution is 2.21. The maximum atomic E-state index is 12.7. The number of ether oxygens (including phenoxy) is 3. The lowest BCUT2D eigenvalue weighted by Crippen LogP contribution is -2.37. The zero-order chi connectivity index (χ0) is 23.6. The highest BCUT2D eigenvalue weighted by molar-refractivity contribution is 5.78. The molecule has 174 valence electrons. The number of carboxylic acid groups (broad SMARTS) is 1. The first-order chi connectivity index (χ1) is 15.9. The van der Waals surface area contributed by atoms with Crippen LogP contribution in [0.15, 0.2) is 59.3 Å². The molecular formula is C24H26N2O7. The molecule has 0 spiro atoms. The molecule has 0 unspecified atom stereocenters. The molecule has 33 heavy (non-hydrogen) atoms. The molecule has 3 rings (SSSR count). The summed E-state index contributed by atoms with van der Waals surface area (Å²) < 4.78 is 21.7. The van der Waals surface area contributed by atoms with Gasteiger partial charge in [-0.25, -0.2) is 9.78 Å². The maximum absolute atomic E-state index is 12.7. The van der Waals surface area contributed by atoms with Crippen LogP contribution in [0.25, 0.3) is 0 Å². The molecule has 1 amide bonds. The van der Waals surface area contributed by atoms with Crippen LogP contribution in [-0.2, 0) is 17.8 Å². The molecule has 0 saturated heterocycles. The van der Waals surface area contributed by atoms with Crippen molar-refractivity contribution in [2.75, 3.05) is 19.8 Å². The zero-order valence-corrected chi connectivity index (χ0v) is 18.5. The van der Waals surface area contributed by atoms with Crippen LogP contribution >= 0.6 is 0 Å². The van der Waals surface area contributed by atoms with E-state index in [1.807, 2.05) is 13.8 Å². The van der Waals surface area contributed by atoms with Crippen LogP contribution in [0.2, 0.25) is 0 Å². The lowest BCUT2D eigenvalue weighted by atomic mass is 10.2. The van der Waals surface area contributed by atoms with Gasteiger partial charge in [-0.2, -0.15) is 0 Å². The quantitative estimate of drug-likeness (QED) is 0.461. The number of aromatic nitrogens is 1. The van der Waals surface area contributed by atoms with Crippen molar-refractivity contribution in [1.82, 2.24) is 9.88 Å². The Balaban J connectivity index is 1.63. The standard InChI is InChI=1S/C24H26N2O7/c1-3-30-20-8-5-9-21(13-20)33-24(29)26(15-23(27)28)14-18-6-4-7-19(12-18)31-11-10-22-17(2)32-16-25-22/h4-9,12-13,16H,3,10-11,14-15H2,1-2H3,(H,27,28). The normalized spacial score (nSPS) is 10.5. The second-order valence-corrected chi connectivity index (χ2v) is 7.13. The van der Waals surface area contributed by atoms with Gasteiger partial charge in [-0.05, 0) is 43.7 Å². The first kappa shape index (κ1) is 23.6. The number of hydrogen-bond acceptors (Lipinski definition) is 7. The van der Waals surface area contributed by atoms with Crippen molar-refractivity contribution < 1.29 is 33.3 Å². The van der Waals surface area contributed by atoms with Crippen LogP contribution in [0.3, 0.4) is 0 Å². The summed E-state index contributed by atoms with van der Waals surface area (Å²) in [5.41, 5.74) is 1.53. The largest absolute Gasteiger partial charge is 0.494 e. The van der Waals surface area contributed by atoms with E-state index in [1.165, 1.54) is 6.39 Å². The molecule has 0 aliphatic carbocycles. The molecular weight excluding hydrogens is 428 g/mol. The van der Waals surface area contributed by atoms with Crippen molar-refractivity contribution in [3.63, 3.8) is 0 Å². The van der Waals surface area contributed by atoms with Crippen LogP contribution in [-0.4, -0.2) is 46.8 Å². The number of nitrogens with zero attached hydrogens (tertiary/aromatic N) is 2. The third kappa shape index (κ3) is 7.27. The molecule has 9 nitrogen and oxygen atoms in total. The summed E-state index contributed by atoms with van der Waals surface area (Å²) in [5, 5.41) is 9.27. The SMILES string of the molecule is CCOc1cccc(OC(=O)N(CC(=O)O)Cc2cccc(OCCc3ncoc3C)c2)c1. The van der Waals surface area contributed by atoms with Crippen LogP contribution in [0.5, 0.6) is 17.2 Å². The number of oxazole rings is 1. The maximum Gasteiger partial charge on any atom is 0.416 e. The minimum Gasteiger partial charge on any atom is -0.494 e. The minimum absolute atomic E-state index is 0.0376. The molecule has 9 heteroatoms. The topological polar surface area (TPSA) is 111 Å². The molecule has 0 saturated carbocycles. The van der Waals surface area contributed by atoms with Crippen molar-refractivity contribution in [2.24, 2.45) is 0 Å². The Morgan fingerprint density at radius 3 is 2.48 bits per heavy atom. The molecule has 0 bridgehead atoms. The van der Waals surface area contributed by atoms with E-state index < -0.39 is 18.6 Å². The van der Waals surface area contributed by atoms with Crippen molar-refractivity contribution in [2.45, 2.75) is 26.8 Å². The van der Waals surface area contributed by atoms with Gasteiger partial charge in [0.05, 0.1) is 18.9 Å². The van der Waals surface area contributed by atoms with Crippen LogP contribution in [0, 0.1) is 6.92 Å². The number of carbonyl (C=O) groups excluding carboxylic acids is 1. The summed E-state index contributed by atoms with van der Waals surface area (Å²) in [6.07, 6.45) is 1.21. The van der Waals surface area contributed by atoms with Gasteiger partial charge >= 0.3 is 12.1 Å². The van der Waals surface area contributed by atoms with Crippen molar-refractivity contribution in [1.29, 1.82) is 0 Å². The van der Waals surface area contributed by atoms with E-state index in [0.717, 1.165) is 16.4 Å². The van der Waals surface area contributed by atoms with E-state index in [9.17, 15) is 14.7 Å². The molecule has 0 atom stereocenters. The Morgan fingerprint density at radius 2 is 1.79 bits per heavy atom. The average molecular weight is 454 g/mol. The lowest BCUT2D eigenvalue weighted by molar-refractivity contribution is -0.138. The van der Waals surface area contributed by atoms with Gasteiger partial charge in [0.15, 0.2) is 6.39 Å². The Bertz CT molecular complexity index is 1080. The number of benzene rings is 2. The van der Waals surface area contributed by atoms with Crippen molar-refractivity contribution in [3.05, 3.63) is 71.9 Å². The number of aliphatic carboxylic acids is 1. The highest BCUT2D eigenvalue weighted by Gasteiger charge is 2.20. The Hall–Kier alpha value is -4.01. The summed E-state index contributed by atoms with van der Waals surface area (Å²) >= 11 is 0. The monoisotopic (exact) mass is 454 g/mol. The van der Waals surface area contributed by atoms with Crippen molar-refractivity contribution >= 4 is 12.1 Å². The third-order valence-electron chi connectivity index (χ3n) is 4.63. The number of amides is 1. The van der Waals surface area contributed by atoms with E-state index in [4.69, 9.17) is 18.6 Å². The Labute approximate surface area is 191 Å². The summed E-state index contributed by atoms with van der Waals surface area (Å²) in [7, 11) is 0. The van der Waals surface area contributed by atoms with Gasteiger partial charge in [-0.1, -0.05) is 18.2 Å². The number of rotatable bonds is 11. The fourth-order valence-corrected chi connectivity index (χ4v) is 3.10.